The third-order valence-electron chi connectivity index (χ3n) is 7.29. The van der Waals surface area contributed by atoms with E-state index < -0.39 is 0 Å². The summed E-state index contributed by atoms with van der Waals surface area (Å²) in [6.07, 6.45) is 7.11. The number of carbonyl (C=O) groups is 1. The van der Waals surface area contributed by atoms with E-state index in [0.717, 1.165) is 29.4 Å². The average molecular weight is 455 g/mol. The van der Waals surface area contributed by atoms with Gasteiger partial charge in [-0.25, -0.2) is 15.0 Å². The van der Waals surface area contributed by atoms with Gasteiger partial charge in [-0.05, 0) is 49.8 Å². The standard InChI is InChI=1S/C25H26N8O/c1-15-7-8-21(33-28-9-10-29-33)23(30-15)24(34)32-19-11-18(12-19)16(2)22(32)14-27-25-26-13-17-5-3-4-6-20(17)31-25/h3-10,13,16,18-19,22H,11-12,14H2,1-2H3,(H,26,27,31)/t16-,18?,19?,22?/m0/s1. The van der Waals surface area contributed by atoms with E-state index in [9.17, 15) is 4.79 Å². The number of anilines is 1. The first kappa shape index (κ1) is 20.7. The molecule has 4 aromatic rings. The minimum atomic E-state index is -0.0720. The highest BCUT2D eigenvalue weighted by Gasteiger charge is 2.51. The zero-order chi connectivity index (χ0) is 23.2. The lowest BCUT2D eigenvalue weighted by atomic mass is 9.64. The second-order valence-corrected chi connectivity index (χ2v) is 9.30. The fourth-order valence-electron chi connectivity index (χ4n) is 5.31. The molecular weight excluding hydrogens is 428 g/mol. The van der Waals surface area contributed by atoms with Crippen molar-refractivity contribution in [1.29, 1.82) is 0 Å². The molecule has 2 aliphatic heterocycles. The Morgan fingerprint density at radius 1 is 1.09 bits per heavy atom. The Labute approximate surface area is 197 Å². The molecule has 172 valence electrons. The second-order valence-electron chi connectivity index (χ2n) is 9.30. The Morgan fingerprint density at radius 3 is 2.71 bits per heavy atom. The number of para-hydroxylation sites is 1. The van der Waals surface area contributed by atoms with Crippen LogP contribution in [0.5, 0.6) is 0 Å². The number of nitrogens with zero attached hydrogens (tertiary/aromatic N) is 7. The quantitative estimate of drug-likeness (QED) is 0.494. The smallest absolute Gasteiger partial charge is 0.275 e. The molecule has 1 saturated carbocycles. The minimum absolute atomic E-state index is 0.0146. The first-order valence-electron chi connectivity index (χ1n) is 11.7. The number of fused-ring (bicyclic) bond motifs is 3. The molecule has 7 rings (SSSR count). The van der Waals surface area contributed by atoms with Gasteiger partial charge in [-0.2, -0.15) is 10.2 Å². The first-order chi connectivity index (χ1) is 16.6. The normalized spacial score (nSPS) is 23.5. The molecule has 2 saturated heterocycles. The van der Waals surface area contributed by atoms with Gasteiger partial charge in [0.2, 0.25) is 5.95 Å². The zero-order valence-electron chi connectivity index (χ0n) is 19.2. The first-order valence-corrected chi connectivity index (χ1v) is 11.7. The second kappa shape index (κ2) is 8.16. The highest BCUT2D eigenvalue weighted by Crippen LogP contribution is 2.47. The molecule has 34 heavy (non-hydrogen) atoms. The van der Waals surface area contributed by atoms with Crippen molar-refractivity contribution in [2.24, 2.45) is 11.8 Å². The van der Waals surface area contributed by atoms with Crippen LogP contribution in [0.4, 0.5) is 5.95 Å². The van der Waals surface area contributed by atoms with Gasteiger partial charge in [0, 0.05) is 29.9 Å². The van der Waals surface area contributed by atoms with E-state index >= 15 is 0 Å². The average Bonchev–Trinajstić information content (AvgIpc) is 3.36. The fraction of sp³-hybridized carbons (Fsp3) is 0.360. The van der Waals surface area contributed by atoms with E-state index in [1.165, 1.54) is 4.80 Å². The van der Waals surface area contributed by atoms with Gasteiger partial charge in [0.05, 0.1) is 24.0 Å². The number of aromatic nitrogens is 6. The summed E-state index contributed by atoms with van der Waals surface area (Å²) in [5.74, 6) is 1.50. The SMILES string of the molecule is Cc1ccc(-n2nccn2)c(C(=O)N2C3CC(C3)[C@H](C)C2CNc2ncc3ccccc3n2)n1. The van der Waals surface area contributed by atoms with Gasteiger partial charge in [-0.1, -0.05) is 25.1 Å². The maximum absolute atomic E-state index is 14.0. The number of hydrogen-bond acceptors (Lipinski definition) is 7. The highest BCUT2D eigenvalue weighted by atomic mass is 16.2. The van der Waals surface area contributed by atoms with Crippen LogP contribution >= 0.6 is 0 Å². The Morgan fingerprint density at radius 2 is 1.88 bits per heavy atom. The topological polar surface area (TPSA) is 102 Å². The largest absolute Gasteiger partial charge is 0.352 e. The third kappa shape index (κ3) is 3.48. The lowest BCUT2D eigenvalue weighted by Gasteiger charge is -2.57. The van der Waals surface area contributed by atoms with Crippen molar-refractivity contribution >= 4 is 22.8 Å². The molecule has 3 aromatic heterocycles. The van der Waals surface area contributed by atoms with E-state index in [0.29, 0.717) is 35.7 Å². The van der Waals surface area contributed by atoms with Crippen LogP contribution in [0, 0.1) is 18.8 Å². The molecule has 0 radical (unpaired) electrons. The summed E-state index contributed by atoms with van der Waals surface area (Å²) in [5, 5.41) is 12.9. The molecular formula is C25H26N8O. The number of piperidine rings is 2. The highest BCUT2D eigenvalue weighted by molar-refractivity contribution is 5.96. The lowest BCUT2D eigenvalue weighted by Crippen LogP contribution is -2.64. The Bertz CT molecular complexity index is 1350. The van der Waals surface area contributed by atoms with Crippen molar-refractivity contribution in [3.8, 4) is 5.69 Å². The van der Waals surface area contributed by atoms with Gasteiger partial charge < -0.3 is 10.2 Å². The summed E-state index contributed by atoms with van der Waals surface area (Å²) in [4.78, 5) is 31.2. The number of hydrogen-bond donors (Lipinski definition) is 1. The molecule has 3 fully saturated rings. The molecule has 9 nitrogen and oxygen atoms in total. The molecule has 0 spiro atoms. The molecule has 1 N–H and O–H groups in total. The monoisotopic (exact) mass is 454 g/mol. The predicted octanol–water partition coefficient (Wildman–Crippen LogP) is 3.27. The van der Waals surface area contributed by atoms with Crippen LogP contribution in [0.25, 0.3) is 16.6 Å². The van der Waals surface area contributed by atoms with E-state index in [1.54, 1.807) is 12.4 Å². The molecule has 3 aliphatic rings. The van der Waals surface area contributed by atoms with E-state index in [-0.39, 0.29) is 18.0 Å². The number of rotatable bonds is 5. The summed E-state index contributed by atoms with van der Waals surface area (Å²) in [6.45, 7) is 4.72. The minimum Gasteiger partial charge on any atom is -0.352 e. The van der Waals surface area contributed by atoms with E-state index in [2.05, 4.69) is 37.4 Å². The molecule has 1 unspecified atom stereocenters. The number of amides is 1. The van der Waals surface area contributed by atoms with Crippen molar-refractivity contribution in [3.63, 3.8) is 0 Å². The van der Waals surface area contributed by atoms with Crippen molar-refractivity contribution in [2.75, 3.05) is 11.9 Å². The van der Waals surface area contributed by atoms with Crippen LogP contribution in [0.2, 0.25) is 0 Å². The van der Waals surface area contributed by atoms with Gasteiger partial charge >= 0.3 is 0 Å². The molecule has 1 aromatic carbocycles. The van der Waals surface area contributed by atoms with Crippen molar-refractivity contribution in [2.45, 2.75) is 38.8 Å². The number of aryl methyl sites for hydroxylation is 1. The number of pyridine rings is 1. The maximum Gasteiger partial charge on any atom is 0.275 e. The van der Waals surface area contributed by atoms with Gasteiger partial charge in [0.25, 0.3) is 5.91 Å². The maximum atomic E-state index is 14.0. The van der Waals surface area contributed by atoms with Crippen LogP contribution in [0.3, 0.4) is 0 Å². The Hall–Kier alpha value is -3.88. The van der Waals surface area contributed by atoms with Crippen LogP contribution < -0.4 is 5.32 Å². The third-order valence-corrected chi connectivity index (χ3v) is 7.29. The van der Waals surface area contributed by atoms with E-state index in [1.807, 2.05) is 54.4 Å². The van der Waals surface area contributed by atoms with Crippen LogP contribution in [0.1, 0.15) is 35.9 Å². The number of nitrogens with one attached hydrogen (secondary N) is 1. The van der Waals surface area contributed by atoms with Crippen LogP contribution in [-0.4, -0.2) is 59.4 Å². The molecule has 9 heteroatoms. The van der Waals surface area contributed by atoms with Gasteiger partial charge in [-0.3, -0.25) is 4.79 Å². The molecule has 2 atom stereocenters. The Balaban J connectivity index is 1.30. The fourth-order valence-corrected chi connectivity index (χ4v) is 5.31. The van der Waals surface area contributed by atoms with E-state index in [4.69, 9.17) is 0 Å². The summed E-state index contributed by atoms with van der Waals surface area (Å²) in [5.41, 5.74) is 2.67. The molecule has 5 heterocycles. The van der Waals surface area contributed by atoms with Crippen molar-refractivity contribution < 1.29 is 4.79 Å². The van der Waals surface area contributed by atoms with Gasteiger partial charge in [0.15, 0.2) is 5.69 Å². The van der Waals surface area contributed by atoms with Crippen molar-refractivity contribution in [1.82, 2.24) is 34.8 Å². The van der Waals surface area contributed by atoms with Crippen LogP contribution in [0.15, 0.2) is 55.0 Å². The predicted molar refractivity (Wildman–Crippen MR) is 128 cm³/mol. The summed E-state index contributed by atoms with van der Waals surface area (Å²) in [7, 11) is 0. The lowest BCUT2D eigenvalue weighted by molar-refractivity contribution is -0.0505. The summed E-state index contributed by atoms with van der Waals surface area (Å²) in [6, 6.07) is 11.9. The van der Waals surface area contributed by atoms with Crippen LogP contribution in [-0.2, 0) is 0 Å². The van der Waals surface area contributed by atoms with Gasteiger partial charge in [0.1, 0.15) is 5.69 Å². The molecule has 1 amide bonds. The zero-order valence-corrected chi connectivity index (χ0v) is 19.2. The summed E-state index contributed by atoms with van der Waals surface area (Å²) >= 11 is 0. The summed E-state index contributed by atoms with van der Waals surface area (Å²) < 4.78 is 0. The van der Waals surface area contributed by atoms with Crippen molar-refractivity contribution in [3.05, 3.63) is 66.4 Å². The van der Waals surface area contributed by atoms with Gasteiger partial charge in [-0.15, -0.1) is 4.80 Å². The molecule has 1 aliphatic carbocycles. The Kier molecular flexibility index (Phi) is 4.97. The number of carbonyl (C=O) groups excluding carboxylic acids is 1. The number of benzene rings is 1. The molecule has 2 bridgehead atoms.